The SMILES string of the molecule is CCOC(=O)CCc1cn(Cc2ccnc(OCc3cn4c(Cl)cccc4n3)c2)nc1OCC. The van der Waals surface area contributed by atoms with Gasteiger partial charge < -0.3 is 14.2 Å². The fourth-order valence-corrected chi connectivity index (χ4v) is 3.69. The van der Waals surface area contributed by atoms with Crippen LogP contribution in [0.3, 0.4) is 0 Å². The van der Waals surface area contributed by atoms with Gasteiger partial charge in [0.2, 0.25) is 11.8 Å². The second-order valence-electron chi connectivity index (χ2n) is 7.50. The lowest BCUT2D eigenvalue weighted by Gasteiger charge is -2.06. The molecule has 9 nitrogen and oxygen atoms in total. The Labute approximate surface area is 202 Å². The van der Waals surface area contributed by atoms with Crippen molar-refractivity contribution in [2.75, 3.05) is 13.2 Å². The first kappa shape index (κ1) is 23.6. The molecule has 4 aromatic heterocycles. The maximum atomic E-state index is 11.7. The maximum Gasteiger partial charge on any atom is 0.306 e. The Hall–Kier alpha value is -3.59. The molecule has 0 fully saturated rings. The van der Waals surface area contributed by atoms with Gasteiger partial charge in [0.15, 0.2) is 0 Å². The monoisotopic (exact) mass is 483 g/mol. The van der Waals surface area contributed by atoms with Crippen molar-refractivity contribution in [3.63, 3.8) is 0 Å². The lowest BCUT2D eigenvalue weighted by atomic mass is 10.2. The first-order valence-electron chi connectivity index (χ1n) is 11.1. The summed E-state index contributed by atoms with van der Waals surface area (Å²) in [5.74, 6) is 0.782. The fourth-order valence-electron chi connectivity index (χ4n) is 3.49. The molecule has 0 saturated heterocycles. The standard InChI is InChI=1S/C24H26ClN5O4/c1-3-32-23(31)9-8-18-14-29(28-24(18)33-4-2)13-17-10-11-26-22(12-17)34-16-19-15-30-20(25)6-5-7-21(30)27-19/h5-7,10-12,14-15H,3-4,8-9,13,16H2,1-2H3. The van der Waals surface area contributed by atoms with Crippen LogP contribution in [0.25, 0.3) is 5.65 Å². The van der Waals surface area contributed by atoms with Crippen LogP contribution in [0.5, 0.6) is 11.8 Å². The molecule has 0 atom stereocenters. The molecule has 0 aliphatic rings. The van der Waals surface area contributed by atoms with Crippen LogP contribution in [0.15, 0.2) is 48.9 Å². The normalized spacial score (nSPS) is 11.0. The number of aromatic nitrogens is 5. The molecule has 0 spiro atoms. The number of aryl methyl sites for hydroxylation is 1. The van der Waals surface area contributed by atoms with Crippen molar-refractivity contribution in [3.05, 3.63) is 70.9 Å². The summed E-state index contributed by atoms with van der Waals surface area (Å²) in [6.45, 7) is 5.32. The Bertz CT molecular complexity index is 1270. The van der Waals surface area contributed by atoms with E-state index in [4.69, 9.17) is 25.8 Å². The summed E-state index contributed by atoms with van der Waals surface area (Å²) in [4.78, 5) is 20.5. The zero-order valence-electron chi connectivity index (χ0n) is 19.1. The first-order chi connectivity index (χ1) is 16.6. The summed E-state index contributed by atoms with van der Waals surface area (Å²) >= 11 is 6.20. The van der Waals surface area contributed by atoms with Gasteiger partial charge in [-0.1, -0.05) is 17.7 Å². The molecule has 0 bridgehead atoms. The molecule has 4 heterocycles. The van der Waals surface area contributed by atoms with Gasteiger partial charge >= 0.3 is 5.97 Å². The first-order valence-corrected chi connectivity index (χ1v) is 11.5. The minimum Gasteiger partial charge on any atom is -0.477 e. The lowest BCUT2D eigenvalue weighted by molar-refractivity contribution is -0.143. The van der Waals surface area contributed by atoms with Gasteiger partial charge in [-0.15, -0.1) is 5.10 Å². The van der Waals surface area contributed by atoms with Gasteiger partial charge in [0.1, 0.15) is 17.4 Å². The molecular weight excluding hydrogens is 458 g/mol. The molecule has 4 aromatic rings. The number of carbonyl (C=O) groups excluding carboxylic acids is 1. The second kappa shape index (κ2) is 11.0. The highest BCUT2D eigenvalue weighted by Crippen LogP contribution is 2.20. The van der Waals surface area contributed by atoms with Crippen LogP contribution in [0.1, 0.15) is 37.1 Å². The zero-order chi connectivity index (χ0) is 23.9. The Balaban J connectivity index is 1.41. The number of rotatable bonds is 11. The number of halogens is 1. The van der Waals surface area contributed by atoms with Gasteiger partial charge in [-0.3, -0.25) is 13.9 Å². The predicted molar refractivity (Wildman–Crippen MR) is 126 cm³/mol. The van der Waals surface area contributed by atoms with Gasteiger partial charge in [-0.25, -0.2) is 9.97 Å². The number of carbonyl (C=O) groups is 1. The molecule has 0 amide bonds. The molecule has 178 valence electrons. The maximum absolute atomic E-state index is 11.7. The van der Waals surface area contributed by atoms with Gasteiger partial charge in [-0.05, 0) is 44.0 Å². The summed E-state index contributed by atoms with van der Waals surface area (Å²) in [5, 5.41) is 5.12. The van der Waals surface area contributed by atoms with Crippen molar-refractivity contribution < 1.29 is 19.0 Å². The average molecular weight is 484 g/mol. The summed E-state index contributed by atoms with van der Waals surface area (Å²) < 4.78 is 20.1. The van der Waals surface area contributed by atoms with Crippen molar-refractivity contribution in [3.8, 4) is 11.8 Å². The Morgan fingerprint density at radius 3 is 2.79 bits per heavy atom. The van der Waals surface area contributed by atoms with Crippen molar-refractivity contribution in [1.29, 1.82) is 0 Å². The highest BCUT2D eigenvalue weighted by molar-refractivity contribution is 6.29. The van der Waals surface area contributed by atoms with E-state index in [0.29, 0.717) is 43.1 Å². The molecule has 0 aromatic carbocycles. The molecule has 0 saturated carbocycles. The molecule has 10 heteroatoms. The molecular formula is C24H26ClN5O4. The minimum absolute atomic E-state index is 0.235. The third-order valence-corrected chi connectivity index (χ3v) is 5.30. The smallest absolute Gasteiger partial charge is 0.306 e. The summed E-state index contributed by atoms with van der Waals surface area (Å²) in [7, 11) is 0. The summed E-state index contributed by atoms with van der Waals surface area (Å²) in [6.07, 6.45) is 6.22. The highest BCUT2D eigenvalue weighted by Gasteiger charge is 2.13. The zero-order valence-corrected chi connectivity index (χ0v) is 19.9. The van der Waals surface area contributed by atoms with E-state index in [-0.39, 0.29) is 19.0 Å². The number of hydrogen-bond acceptors (Lipinski definition) is 7. The highest BCUT2D eigenvalue weighted by atomic mass is 35.5. The fraction of sp³-hybridized carbons (Fsp3) is 0.333. The number of nitrogens with zero attached hydrogens (tertiary/aromatic N) is 5. The van der Waals surface area contributed by atoms with Crippen molar-refractivity contribution in [1.82, 2.24) is 24.1 Å². The topological polar surface area (TPSA) is 92.8 Å². The number of hydrogen-bond donors (Lipinski definition) is 0. The van der Waals surface area contributed by atoms with E-state index in [1.165, 1.54) is 0 Å². The third-order valence-electron chi connectivity index (χ3n) is 4.99. The second-order valence-corrected chi connectivity index (χ2v) is 7.88. The molecule has 0 aliphatic heterocycles. The number of fused-ring (bicyclic) bond motifs is 1. The minimum atomic E-state index is -0.235. The van der Waals surface area contributed by atoms with Crippen LogP contribution >= 0.6 is 11.6 Å². The predicted octanol–water partition coefficient (Wildman–Crippen LogP) is 4.10. The van der Waals surface area contributed by atoms with Crippen LogP contribution in [0.4, 0.5) is 0 Å². The third kappa shape index (κ3) is 5.85. The molecule has 0 unspecified atom stereocenters. The number of ether oxygens (including phenoxy) is 3. The quantitative estimate of drug-likeness (QED) is 0.234. The van der Waals surface area contributed by atoms with Crippen molar-refractivity contribution in [2.24, 2.45) is 0 Å². The number of pyridine rings is 2. The van der Waals surface area contributed by atoms with E-state index >= 15 is 0 Å². The van der Waals surface area contributed by atoms with Crippen LogP contribution in [0, 0.1) is 0 Å². The largest absolute Gasteiger partial charge is 0.477 e. The van der Waals surface area contributed by atoms with Crippen LogP contribution in [-0.2, 0) is 29.1 Å². The van der Waals surface area contributed by atoms with E-state index in [0.717, 1.165) is 22.5 Å². The lowest BCUT2D eigenvalue weighted by Crippen LogP contribution is -2.05. The van der Waals surface area contributed by atoms with Crippen LogP contribution in [-0.4, -0.2) is 43.3 Å². The van der Waals surface area contributed by atoms with Crippen LogP contribution in [0.2, 0.25) is 5.15 Å². The van der Waals surface area contributed by atoms with Crippen molar-refractivity contribution in [2.45, 2.75) is 39.8 Å². The van der Waals surface area contributed by atoms with Crippen LogP contribution < -0.4 is 9.47 Å². The van der Waals surface area contributed by atoms with Gasteiger partial charge in [-0.2, -0.15) is 0 Å². The summed E-state index contributed by atoms with van der Waals surface area (Å²) in [6, 6.07) is 9.31. The van der Waals surface area contributed by atoms with E-state index < -0.39 is 0 Å². The average Bonchev–Trinajstić information content (AvgIpc) is 3.41. The van der Waals surface area contributed by atoms with E-state index in [2.05, 4.69) is 15.1 Å². The molecule has 4 rings (SSSR count). The van der Waals surface area contributed by atoms with Gasteiger partial charge in [0.25, 0.3) is 0 Å². The summed E-state index contributed by atoms with van der Waals surface area (Å²) in [5.41, 5.74) is 3.34. The number of imidazole rings is 1. The molecule has 0 aliphatic carbocycles. The Morgan fingerprint density at radius 2 is 2.00 bits per heavy atom. The van der Waals surface area contributed by atoms with E-state index in [1.807, 2.05) is 43.6 Å². The molecule has 0 N–H and O–H groups in total. The Kier molecular flexibility index (Phi) is 7.64. The number of esters is 1. The van der Waals surface area contributed by atoms with E-state index in [9.17, 15) is 4.79 Å². The van der Waals surface area contributed by atoms with Gasteiger partial charge in [0.05, 0.1) is 25.5 Å². The Morgan fingerprint density at radius 1 is 1.12 bits per heavy atom. The molecule has 34 heavy (non-hydrogen) atoms. The molecule has 0 radical (unpaired) electrons. The van der Waals surface area contributed by atoms with E-state index in [1.54, 1.807) is 28.3 Å². The van der Waals surface area contributed by atoms with Gasteiger partial charge in [0, 0.05) is 36.6 Å². The van der Waals surface area contributed by atoms with Crippen molar-refractivity contribution >= 4 is 23.2 Å².